The Morgan fingerprint density at radius 3 is 2.42 bits per heavy atom. The number of benzene rings is 2. The molecule has 0 radical (unpaired) electrons. The largest absolute Gasteiger partial charge is 0.300 e. The van der Waals surface area contributed by atoms with Gasteiger partial charge >= 0.3 is 0 Å². The Bertz CT molecular complexity index is 870. The van der Waals surface area contributed by atoms with Crippen molar-refractivity contribution in [1.82, 2.24) is 5.32 Å². The van der Waals surface area contributed by atoms with Crippen LogP contribution in [0.15, 0.2) is 46.3 Å². The van der Waals surface area contributed by atoms with Gasteiger partial charge in [0.15, 0.2) is 5.17 Å². The molecule has 0 bridgehead atoms. The Morgan fingerprint density at radius 1 is 1.04 bits per heavy atom. The number of aliphatic imine (C=N–C) groups is 1. The van der Waals surface area contributed by atoms with Crippen molar-refractivity contribution < 1.29 is 4.79 Å². The third-order valence-electron chi connectivity index (χ3n) is 3.33. The predicted octanol–water partition coefficient (Wildman–Crippen LogP) is 5.50. The van der Waals surface area contributed by atoms with Crippen molar-refractivity contribution in [3.8, 4) is 0 Å². The molecule has 1 saturated heterocycles. The highest BCUT2D eigenvalue weighted by atomic mass is 35.5. The average Bonchev–Trinajstić information content (AvgIpc) is 2.81. The lowest BCUT2D eigenvalue weighted by Crippen LogP contribution is -2.19. The summed E-state index contributed by atoms with van der Waals surface area (Å²) < 4.78 is 0. The van der Waals surface area contributed by atoms with Crippen LogP contribution < -0.4 is 5.32 Å². The van der Waals surface area contributed by atoms with Crippen LogP contribution >= 0.6 is 35.0 Å². The van der Waals surface area contributed by atoms with E-state index < -0.39 is 0 Å². The quantitative estimate of drug-likeness (QED) is 0.702. The van der Waals surface area contributed by atoms with Crippen LogP contribution in [0.25, 0.3) is 6.08 Å². The summed E-state index contributed by atoms with van der Waals surface area (Å²) in [4.78, 5) is 17.2. The number of hydrogen-bond acceptors (Lipinski definition) is 3. The Labute approximate surface area is 154 Å². The first-order valence-electron chi connectivity index (χ1n) is 7.23. The topological polar surface area (TPSA) is 41.5 Å². The summed E-state index contributed by atoms with van der Waals surface area (Å²) >= 11 is 13.2. The summed E-state index contributed by atoms with van der Waals surface area (Å²) in [5, 5.41) is 4.29. The van der Waals surface area contributed by atoms with E-state index in [-0.39, 0.29) is 5.91 Å². The predicted molar refractivity (Wildman–Crippen MR) is 103 cm³/mol. The van der Waals surface area contributed by atoms with Gasteiger partial charge in [-0.1, -0.05) is 35.3 Å². The third kappa shape index (κ3) is 4.01. The van der Waals surface area contributed by atoms with Crippen molar-refractivity contribution in [2.24, 2.45) is 4.99 Å². The minimum Gasteiger partial charge on any atom is -0.300 e. The molecule has 0 aromatic heterocycles. The maximum atomic E-state index is 12.1. The number of carbonyl (C=O) groups excluding carboxylic acids is 1. The summed E-state index contributed by atoms with van der Waals surface area (Å²) in [6, 6.07) is 11.3. The van der Waals surface area contributed by atoms with Crippen molar-refractivity contribution >= 4 is 57.8 Å². The van der Waals surface area contributed by atoms with Gasteiger partial charge in [-0.15, -0.1) is 0 Å². The van der Waals surface area contributed by atoms with Gasteiger partial charge in [-0.2, -0.15) is 0 Å². The SMILES string of the molecule is Cc1cc(C)cc(N=C2NC(=O)/C(=C/c3ccc(Cl)c(Cl)c3)S2)c1. The molecule has 1 heterocycles. The molecule has 0 aliphatic carbocycles. The number of aryl methyl sites for hydroxylation is 2. The van der Waals surface area contributed by atoms with Crippen molar-refractivity contribution in [2.45, 2.75) is 13.8 Å². The second kappa shape index (κ2) is 7.01. The lowest BCUT2D eigenvalue weighted by atomic mass is 10.1. The van der Waals surface area contributed by atoms with E-state index in [0.717, 1.165) is 22.4 Å². The fraction of sp³-hybridized carbons (Fsp3) is 0.111. The van der Waals surface area contributed by atoms with Crippen LogP contribution in [0.2, 0.25) is 10.0 Å². The number of halogens is 2. The van der Waals surface area contributed by atoms with Crippen LogP contribution in [0.5, 0.6) is 0 Å². The first-order valence-corrected chi connectivity index (χ1v) is 8.81. The van der Waals surface area contributed by atoms with E-state index in [1.54, 1.807) is 18.2 Å². The molecule has 0 spiro atoms. The summed E-state index contributed by atoms with van der Waals surface area (Å²) in [6.07, 6.45) is 1.77. The van der Waals surface area contributed by atoms with Crippen LogP contribution in [-0.2, 0) is 4.79 Å². The van der Waals surface area contributed by atoms with E-state index in [0.29, 0.717) is 20.1 Å². The number of nitrogens with zero attached hydrogens (tertiary/aromatic N) is 1. The van der Waals surface area contributed by atoms with E-state index in [9.17, 15) is 4.79 Å². The highest BCUT2D eigenvalue weighted by Crippen LogP contribution is 2.30. The normalized spacial score (nSPS) is 17.6. The lowest BCUT2D eigenvalue weighted by Gasteiger charge is -2.00. The van der Waals surface area contributed by atoms with Gasteiger partial charge in [0, 0.05) is 0 Å². The third-order valence-corrected chi connectivity index (χ3v) is 4.98. The van der Waals surface area contributed by atoms with E-state index in [1.165, 1.54) is 11.8 Å². The molecule has 0 unspecified atom stereocenters. The van der Waals surface area contributed by atoms with Gasteiger partial charge in [0.2, 0.25) is 0 Å². The fourth-order valence-corrected chi connectivity index (χ4v) is 3.51. The molecule has 1 aliphatic rings. The Balaban J connectivity index is 1.86. The maximum absolute atomic E-state index is 12.1. The van der Waals surface area contributed by atoms with Gasteiger partial charge in [0.05, 0.1) is 20.6 Å². The zero-order valence-corrected chi connectivity index (χ0v) is 15.4. The monoisotopic (exact) mass is 376 g/mol. The second-order valence-electron chi connectivity index (χ2n) is 5.50. The van der Waals surface area contributed by atoms with E-state index in [2.05, 4.69) is 16.4 Å². The number of rotatable bonds is 2. The summed E-state index contributed by atoms with van der Waals surface area (Å²) in [6.45, 7) is 4.04. The molecule has 0 atom stereocenters. The molecule has 3 rings (SSSR count). The molecule has 6 heteroatoms. The Hall–Kier alpha value is -1.75. The van der Waals surface area contributed by atoms with Crippen molar-refractivity contribution in [1.29, 1.82) is 0 Å². The van der Waals surface area contributed by atoms with Crippen LogP contribution in [-0.4, -0.2) is 11.1 Å². The number of nitrogens with one attached hydrogen (secondary N) is 1. The number of thioether (sulfide) groups is 1. The Kier molecular flexibility index (Phi) is 4.99. The van der Waals surface area contributed by atoms with Crippen molar-refractivity contribution in [3.05, 3.63) is 68.0 Å². The minimum absolute atomic E-state index is 0.172. The van der Waals surface area contributed by atoms with Crippen LogP contribution in [0.4, 0.5) is 5.69 Å². The summed E-state index contributed by atoms with van der Waals surface area (Å²) in [7, 11) is 0. The molecule has 24 heavy (non-hydrogen) atoms. The van der Waals surface area contributed by atoms with Gasteiger partial charge < -0.3 is 5.32 Å². The molecule has 2 aromatic rings. The fourth-order valence-electron chi connectivity index (χ4n) is 2.37. The molecule has 3 nitrogen and oxygen atoms in total. The zero-order chi connectivity index (χ0) is 17.3. The zero-order valence-electron chi connectivity index (χ0n) is 13.1. The lowest BCUT2D eigenvalue weighted by molar-refractivity contribution is -0.115. The van der Waals surface area contributed by atoms with E-state index in [4.69, 9.17) is 23.2 Å². The van der Waals surface area contributed by atoms with Crippen LogP contribution in [0.1, 0.15) is 16.7 Å². The molecular weight excluding hydrogens is 363 g/mol. The molecule has 1 aliphatic heterocycles. The molecule has 1 amide bonds. The van der Waals surface area contributed by atoms with Crippen LogP contribution in [0, 0.1) is 13.8 Å². The Morgan fingerprint density at radius 2 is 1.75 bits per heavy atom. The molecular formula is C18H14Cl2N2OS. The van der Waals surface area contributed by atoms with Crippen molar-refractivity contribution in [3.63, 3.8) is 0 Å². The number of hydrogen-bond donors (Lipinski definition) is 1. The van der Waals surface area contributed by atoms with Gasteiger partial charge in [0.25, 0.3) is 5.91 Å². The highest BCUT2D eigenvalue weighted by Gasteiger charge is 2.23. The second-order valence-corrected chi connectivity index (χ2v) is 7.35. The first kappa shape index (κ1) is 17.1. The van der Waals surface area contributed by atoms with E-state index >= 15 is 0 Å². The highest BCUT2D eigenvalue weighted by molar-refractivity contribution is 8.18. The van der Waals surface area contributed by atoms with Crippen molar-refractivity contribution in [2.75, 3.05) is 0 Å². The molecule has 122 valence electrons. The molecule has 2 aromatic carbocycles. The minimum atomic E-state index is -0.172. The number of amides is 1. The smallest absolute Gasteiger partial charge is 0.264 e. The molecule has 0 saturated carbocycles. The van der Waals surface area contributed by atoms with Gasteiger partial charge in [-0.3, -0.25) is 4.79 Å². The molecule has 1 fully saturated rings. The van der Waals surface area contributed by atoms with Gasteiger partial charge in [0.1, 0.15) is 0 Å². The standard InChI is InChI=1S/C18H14Cl2N2OS/c1-10-5-11(2)7-13(6-10)21-18-22-17(23)16(24-18)9-12-3-4-14(19)15(20)8-12/h3-9H,1-2H3,(H,21,22,23)/b16-9-. The van der Waals surface area contributed by atoms with Gasteiger partial charge in [-0.05, 0) is 72.6 Å². The average molecular weight is 377 g/mol. The number of amidine groups is 1. The van der Waals surface area contributed by atoms with E-state index in [1.807, 2.05) is 32.0 Å². The maximum Gasteiger partial charge on any atom is 0.264 e. The number of carbonyl (C=O) groups is 1. The summed E-state index contributed by atoms with van der Waals surface area (Å²) in [5.74, 6) is -0.172. The van der Waals surface area contributed by atoms with Crippen LogP contribution in [0.3, 0.4) is 0 Å². The van der Waals surface area contributed by atoms with Gasteiger partial charge in [-0.25, -0.2) is 4.99 Å². The first-order chi connectivity index (χ1) is 11.4. The molecule has 1 N–H and O–H groups in total. The summed E-state index contributed by atoms with van der Waals surface area (Å²) in [5.41, 5.74) is 3.91.